The van der Waals surface area contributed by atoms with Crippen LogP contribution in [0.1, 0.15) is 26.3 Å². The summed E-state index contributed by atoms with van der Waals surface area (Å²) in [5.41, 5.74) is 0.849. The number of rotatable bonds is 5. The average molecular weight is 329 g/mol. The Kier molecular flexibility index (Phi) is 4.46. The molecule has 1 amide bonds. The van der Waals surface area contributed by atoms with Crippen molar-refractivity contribution in [2.45, 2.75) is 39.8 Å². The summed E-state index contributed by atoms with van der Waals surface area (Å²) >= 11 is 0. The van der Waals surface area contributed by atoms with Gasteiger partial charge in [-0.25, -0.2) is 4.98 Å². The van der Waals surface area contributed by atoms with E-state index in [0.29, 0.717) is 18.7 Å². The van der Waals surface area contributed by atoms with Crippen molar-refractivity contribution in [3.8, 4) is 11.5 Å². The molecule has 24 heavy (non-hydrogen) atoms. The summed E-state index contributed by atoms with van der Waals surface area (Å²) in [5, 5.41) is 3.15. The molecule has 0 saturated carbocycles. The molecule has 1 aromatic carbocycles. The SMILES string of the molecule is CC(C)(C)[C@H](Cn1ccnc1)NC(=O)Cc1ccc2c(c1)OCO2. The zero-order valence-corrected chi connectivity index (χ0v) is 14.3. The van der Waals surface area contributed by atoms with Crippen LogP contribution in [-0.2, 0) is 17.8 Å². The molecule has 0 spiro atoms. The zero-order valence-electron chi connectivity index (χ0n) is 14.3. The van der Waals surface area contributed by atoms with Gasteiger partial charge in [-0.15, -0.1) is 0 Å². The first-order valence-corrected chi connectivity index (χ1v) is 8.05. The van der Waals surface area contributed by atoms with Gasteiger partial charge in [0.15, 0.2) is 11.5 Å². The average Bonchev–Trinajstić information content (AvgIpc) is 3.16. The number of carbonyl (C=O) groups is 1. The van der Waals surface area contributed by atoms with E-state index in [1.165, 1.54) is 0 Å². The van der Waals surface area contributed by atoms with E-state index in [4.69, 9.17) is 9.47 Å². The highest BCUT2D eigenvalue weighted by Gasteiger charge is 2.26. The number of nitrogens with zero attached hydrogens (tertiary/aromatic N) is 2. The maximum Gasteiger partial charge on any atom is 0.231 e. The Balaban J connectivity index is 1.65. The predicted molar refractivity (Wildman–Crippen MR) is 89.9 cm³/mol. The molecule has 0 aliphatic carbocycles. The Bertz CT molecular complexity index is 705. The van der Waals surface area contributed by atoms with Crippen molar-refractivity contribution >= 4 is 5.91 Å². The van der Waals surface area contributed by atoms with E-state index < -0.39 is 0 Å². The molecule has 1 aliphatic heterocycles. The summed E-state index contributed by atoms with van der Waals surface area (Å²) in [4.78, 5) is 16.6. The molecule has 1 aromatic heterocycles. The van der Waals surface area contributed by atoms with Gasteiger partial charge in [0.2, 0.25) is 12.7 Å². The molecule has 0 unspecified atom stereocenters. The molecule has 6 heteroatoms. The van der Waals surface area contributed by atoms with Gasteiger partial charge in [-0.2, -0.15) is 0 Å². The van der Waals surface area contributed by atoms with Crippen molar-refractivity contribution in [3.63, 3.8) is 0 Å². The number of aromatic nitrogens is 2. The van der Waals surface area contributed by atoms with Crippen LogP contribution in [-0.4, -0.2) is 28.3 Å². The highest BCUT2D eigenvalue weighted by Crippen LogP contribution is 2.32. The van der Waals surface area contributed by atoms with Crippen molar-refractivity contribution < 1.29 is 14.3 Å². The lowest BCUT2D eigenvalue weighted by molar-refractivity contribution is -0.122. The summed E-state index contributed by atoms with van der Waals surface area (Å²) in [6.07, 6.45) is 5.73. The minimum absolute atomic E-state index is 0.00564. The number of nitrogens with one attached hydrogen (secondary N) is 1. The molecule has 1 aliphatic rings. The van der Waals surface area contributed by atoms with Gasteiger partial charge in [0.05, 0.1) is 18.8 Å². The minimum atomic E-state index is -0.0607. The number of amides is 1. The fraction of sp³-hybridized carbons (Fsp3) is 0.444. The van der Waals surface area contributed by atoms with E-state index in [1.54, 1.807) is 12.5 Å². The predicted octanol–water partition coefficient (Wildman–Crippen LogP) is 2.39. The maximum atomic E-state index is 12.5. The molecule has 1 atom stereocenters. The minimum Gasteiger partial charge on any atom is -0.454 e. The molecule has 0 radical (unpaired) electrons. The van der Waals surface area contributed by atoms with Crippen LogP contribution in [0.25, 0.3) is 0 Å². The number of ether oxygens (including phenoxy) is 2. The van der Waals surface area contributed by atoms with Crippen LogP contribution in [0.5, 0.6) is 11.5 Å². The van der Waals surface area contributed by atoms with Crippen molar-refractivity contribution in [1.29, 1.82) is 0 Å². The number of hydrogen-bond acceptors (Lipinski definition) is 4. The lowest BCUT2D eigenvalue weighted by atomic mass is 9.86. The van der Waals surface area contributed by atoms with Crippen LogP contribution in [0, 0.1) is 5.41 Å². The lowest BCUT2D eigenvalue weighted by Crippen LogP contribution is -2.46. The second-order valence-electron chi connectivity index (χ2n) is 7.11. The molecule has 1 N–H and O–H groups in total. The third-order valence-corrected chi connectivity index (χ3v) is 4.13. The van der Waals surface area contributed by atoms with Crippen LogP contribution in [0.3, 0.4) is 0 Å². The topological polar surface area (TPSA) is 65.4 Å². The molecule has 2 aromatic rings. The number of fused-ring (bicyclic) bond motifs is 1. The van der Waals surface area contributed by atoms with Gasteiger partial charge in [0.1, 0.15) is 0 Å². The van der Waals surface area contributed by atoms with Crippen LogP contribution in [0.4, 0.5) is 0 Å². The molecule has 0 fully saturated rings. The van der Waals surface area contributed by atoms with Crippen molar-refractivity contribution in [2.24, 2.45) is 5.41 Å². The van der Waals surface area contributed by atoms with E-state index in [9.17, 15) is 4.79 Å². The summed E-state index contributed by atoms with van der Waals surface area (Å²) in [6.45, 7) is 7.29. The first-order chi connectivity index (χ1) is 11.4. The highest BCUT2D eigenvalue weighted by atomic mass is 16.7. The number of carbonyl (C=O) groups excluding carboxylic acids is 1. The Labute approximate surface area is 141 Å². The van der Waals surface area contributed by atoms with Crippen LogP contribution in [0.15, 0.2) is 36.9 Å². The molecule has 128 valence electrons. The number of imidazole rings is 1. The molecule has 6 nitrogen and oxygen atoms in total. The zero-order chi connectivity index (χ0) is 17.2. The van der Waals surface area contributed by atoms with E-state index in [1.807, 2.05) is 29.0 Å². The fourth-order valence-corrected chi connectivity index (χ4v) is 2.62. The Morgan fingerprint density at radius 2 is 2.12 bits per heavy atom. The molecule has 0 bridgehead atoms. The van der Waals surface area contributed by atoms with Gasteiger partial charge < -0.3 is 19.4 Å². The van der Waals surface area contributed by atoms with E-state index in [0.717, 1.165) is 11.3 Å². The summed E-state index contributed by atoms with van der Waals surface area (Å²) in [6, 6.07) is 5.62. The van der Waals surface area contributed by atoms with Gasteiger partial charge in [-0.3, -0.25) is 4.79 Å². The molecule has 2 heterocycles. The molecular formula is C18H23N3O3. The monoisotopic (exact) mass is 329 g/mol. The second kappa shape index (κ2) is 6.55. The Hall–Kier alpha value is -2.50. The summed E-state index contributed by atoms with van der Waals surface area (Å²) in [5.74, 6) is 1.42. The smallest absolute Gasteiger partial charge is 0.231 e. The number of benzene rings is 1. The fourth-order valence-electron chi connectivity index (χ4n) is 2.62. The standard InChI is InChI=1S/C18H23N3O3/c1-18(2,3)16(10-21-7-6-19-11-21)20-17(22)9-13-4-5-14-15(8-13)24-12-23-14/h4-8,11,16H,9-10,12H2,1-3H3,(H,20,22)/t16-/m0/s1. The van der Waals surface area contributed by atoms with Crippen molar-refractivity contribution in [1.82, 2.24) is 14.9 Å². The van der Waals surface area contributed by atoms with Gasteiger partial charge >= 0.3 is 0 Å². The van der Waals surface area contributed by atoms with Gasteiger partial charge in [-0.1, -0.05) is 26.8 Å². The van der Waals surface area contributed by atoms with Crippen LogP contribution in [0.2, 0.25) is 0 Å². The van der Waals surface area contributed by atoms with E-state index in [2.05, 4.69) is 31.1 Å². The van der Waals surface area contributed by atoms with E-state index >= 15 is 0 Å². The molecule has 3 rings (SSSR count). The molecule has 0 saturated heterocycles. The first kappa shape index (κ1) is 16.4. The van der Waals surface area contributed by atoms with Gasteiger partial charge in [-0.05, 0) is 23.1 Å². The van der Waals surface area contributed by atoms with Crippen molar-refractivity contribution in [3.05, 3.63) is 42.5 Å². The molecular weight excluding hydrogens is 306 g/mol. The van der Waals surface area contributed by atoms with Crippen molar-refractivity contribution in [2.75, 3.05) is 6.79 Å². The first-order valence-electron chi connectivity index (χ1n) is 8.05. The summed E-state index contributed by atoms with van der Waals surface area (Å²) < 4.78 is 12.6. The normalized spacial score (nSPS) is 14.5. The summed E-state index contributed by atoms with van der Waals surface area (Å²) in [7, 11) is 0. The number of hydrogen-bond donors (Lipinski definition) is 1. The largest absolute Gasteiger partial charge is 0.454 e. The van der Waals surface area contributed by atoms with E-state index in [-0.39, 0.29) is 24.2 Å². The van der Waals surface area contributed by atoms with Crippen LogP contribution >= 0.6 is 0 Å². The van der Waals surface area contributed by atoms with Gasteiger partial charge in [0, 0.05) is 18.9 Å². The third-order valence-electron chi connectivity index (χ3n) is 4.13. The Morgan fingerprint density at radius 3 is 2.83 bits per heavy atom. The second-order valence-corrected chi connectivity index (χ2v) is 7.11. The maximum absolute atomic E-state index is 12.5. The lowest BCUT2D eigenvalue weighted by Gasteiger charge is -2.31. The highest BCUT2D eigenvalue weighted by molar-refractivity contribution is 5.79. The van der Waals surface area contributed by atoms with Crippen LogP contribution < -0.4 is 14.8 Å². The van der Waals surface area contributed by atoms with Gasteiger partial charge in [0.25, 0.3) is 0 Å². The quantitative estimate of drug-likeness (QED) is 0.915. The Morgan fingerprint density at radius 1 is 1.33 bits per heavy atom. The third kappa shape index (κ3) is 3.88.